The van der Waals surface area contributed by atoms with Gasteiger partial charge in [-0.15, -0.1) is 0 Å². The van der Waals surface area contributed by atoms with E-state index in [4.69, 9.17) is 9.47 Å². The van der Waals surface area contributed by atoms with Crippen LogP contribution in [0.25, 0.3) is 0 Å². The van der Waals surface area contributed by atoms with Gasteiger partial charge >= 0.3 is 5.97 Å². The molecule has 8 nitrogen and oxygen atoms in total. The molecular formula is C23H24N2O6. The summed E-state index contributed by atoms with van der Waals surface area (Å²) < 4.78 is 11.6. The van der Waals surface area contributed by atoms with E-state index in [2.05, 4.69) is 0 Å². The van der Waals surface area contributed by atoms with Crippen LogP contribution in [0.4, 0.5) is 0 Å². The Balaban J connectivity index is 1.56. The quantitative estimate of drug-likeness (QED) is 0.551. The molecule has 1 unspecified atom stereocenters. The van der Waals surface area contributed by atoms with Crippen LogP contribution in [0, 0.1) is 11.8 Å². The predicted molar refractivity (Wildman–Crippen MR) is 108 cm³/mol. The van der Waals surface area contributed by atoms with Crippen LogP contribution in [0.15, 0.2) is 54.6 Å². The summed E-state index contributed by atoms with van der Waals surface area (Å²) in [5.74, 6) is -2.82. The maximum absolute atomic E-state index is 13.8. The molecule has 1 aromatic rings. The molecule has 0 aliphatic carbocycles. The Kier molecular flexibility index (Phi) is 4.91. The lowest BCUT2D eigenvalue weighted by Crippen LogP contribution is -2.55. The van der Waals surface area contributed by atoms with Crippen molar-refractivity contribution in [2.75, 3.05) is 26.3 Å². The molecule has 31 heavy (non-hydrogen) atoms. The number of β-amino-alcohol motifs (C(OH)–C–C–N with tert-alkyl or cyclic N) is 1. The molecule has 4 aliphatic rings. The van der Waals surface area contributed by atoms with E-state index in [9.17, 15) is 19.5 Å². The summed E-state index contributed by atoms with van der Waals surface area (Å²) in [6.45, 7) is 0.577. The van der Waals surface area contributed by atoms with Crippen molar-refractivity contribution in [3.8, 4) is 0 Å². The molecule has 4 heterocycles. The first-order valence-electron chi connectivity index (χ1n) is 10.5. The Morgan fingerprint density at radius 2 is 1.90 bits per heavy atom. The Hall–Kier alpha value is -2.97. The van der Waals surface area contributed by atoms with Crippen molar-refractivity contribution in [2.24, 2.45) is 11.8 Å². The van der Waals surface area contributed by atoms with Crippen LogP contribution in [0.2, 0.25) is 0 Å². The first-order valence-corrected chi connectivity index (χ1v) is 10.5. The van der Waals surface area contributed by atoms with Gasteiger partial charge in [-0.3, -0.25) is 14.4 Å². The lowest BCUT2D eigenvalue weighted by molar-refractivity contribution is -0.153. The number of amides is 2. The van der Waals surface area contributed by atoms with E-state index >= 15 is 0 Å². The minimum Gasteiger partial charge on any atom is -0.461 e. The van der Waals surface area contributed by atoms with Gasteiger partial charge in [-0.05, 0) is 11.6 Å². The van der Waals surface area contributed by atoms with Gasteiger partial charge in [0, 0.05) is 19.6 Å². The number of carbonyl (C=O) groups is 3. The second-order valence-electron chi connectivity index (χ2n) is 8.26. The van der Waals surface area contributed by atoms with Crippen LogP contribution < -0.4 is 0 Å². The van der Waals surface area contributed by atoms with E-state index in [1.165, 1.54) is 4.90 Å². The fourth-order valence-corrected chi connectivity index (χ4v) is 5.31. The van der Waals surface area contributed by atoms with Gasteiger partial charge in [0.15, 0.2) is 0 Å². The standard InChI is InChI=1S/C23H24N2O6/c26-12-11-25-19-21(28)24(14-15-6-2-1-3-7-15)10-5-9-23(19)18(20(25)27)17-16(31-23)8-4-13-30-22(17)29/h1-9,16-19,26H,10-14H2/t16-,17+,18+,19-,23?/m1/s1. The fourth-order valence-electron chi connectivity index (χ4n) is 5.31. The average Bonchev–Trinajstić information content (AvgIpc) is 3.06. The molecule has 0 radical (unpaired) electrons. The zero-order valence-corrected chi connectivity index (χ0v) is 16.9. The van der Waals surface area contributed by atoms with Crippen LogP contribution in [0.3, 0.4) is 0 Å². The maximum atomic E-state index is 13.8. The molecule has 1 N–H and O–H groups in total. The molecule has 1 aromatic carbocycles. The van der Waals surface area contributed by atoms with Gasteiger partial charge in [-0.2, -0.15) is 0 Å². The number of cyclic esters (lactones) is 1. The van der Waals surface area contributed by atoms with Crippen molar-refractivity contribution in [3.63, 3.8) is 0 Å². The lowest BCUT2D eigenvalue weighted by Gasteiger charge is -2.35. The summed E-state index contributed by atoms with van der Waals surface area (Å²) >= 11 is 0. The monoisotopic (exact) mass is 424 g/mol. The molecule has 1 spiro atoms. The molecule has 0 bridgehead atoms. The van der Waals surface area contributed by atoms with Gasteiger partial charge in [0.25, 0.3) is 0 Å². The molecule has 5 atom stereocenters. The third kappa shape index (κ3) is 3.01. The van der Waals surface area contributed by atoms with E-state index in [1.54, 1.807) is 23.1 Å². The Labute approximate surface area is 179 Å². The van der Waals surface area contributed by atoms with E-state index < -0.39 is 35.6 Å². The number of fused-ring (bicyclic) bond motifs is 2. The summed E-state index contributed by atoms with van der Waals surface area (Å²) in [4.78, 5) is 43.0. The second kappa shape index (κ2) is 7.62. The zero-order valence-electron chi connectivity index (χ0n) is 16.9. The third-order valence-electron chi connectivity index (χ3n) is 6.55. The van der Waals surface area contributed by atoms with Crippen molar-refractivity contribution >= 4 is 17.8 Å². The number of aliphatic hydroxyl groups excluding tert-OH is 1. The molecule has 162 valence electrons. The number of esters is 1. The van der Waals surface area contributed by atoms with Gasteiger partial charge in [-0.25, -0.2) is 0 Å². The van der Waals surface area contributed by atoms with Gasteiger partial charge in [-0.1, -0.05) is 48.6 Å². The van der Waals surface area contributed by atoms with Gasteiger partial charge in [0.2, 0.25) is 11.8 Å². The summed E-state index contributed by atoms with van der Waals surface area (Å²) in [5.41, 5.74) is -0.302. The first kappa shape index (κ1) is 20.0. The number of rotatable bonds is 4. The molecule has 5 rings (SSSR count). The van der Waals surface area contributed by atoms with E-state index in [-0.39, 0.29) is 31.6 Å². The lowest BCUT2D eigenvalue weighted by atomic mass is 9.78. The highest BCUT2D eigenvalue weighted by atomic mass is 16.6. The van der Waals surface area contributed by atoms with Crippen LogP contribution in [-0.2, 0) is 30.4 Å². The van der Waals surface area contributed by atoms with Crippen molar-refractivity contribution in [1.82, 2.24) is 9.80 Å². The molecule has 2 amide bonds. The third-order valence-corrected chi connectivity index (χ3v) is 6.55. The second-order valence-corrected chi connectivity index (χ2v) is 8.26. The van der Waals surface area contributed by atoms with Crippen LogP contribution in [0.5, 0.6) is 0 Å². The summed E-state index contributed by atoms with van der Waals surface area (Å²) in [7, 11) is 0. The van der Waals surface area contributed by atoms with Crippen molar-refractivity contribution in [1.29, 1.82) is 0 Å². The highest BCUT2D eigenvalue weighted by molar-refractivity contribution is 5.99. The molecular weight excluding hydrogens is 400 g/mol. The topological polar surface area (TPSA) is 96.4 Å². The number of nitrogens with zero attached hydrogens (tertiary/aromatic N) is 2. The van der Waals surface area contributed by atoms with Crippen LogP contribution >= 0.6 is 0 Å². The molecule has 0 saturated carbocycles. The summed E-state index contributed by atoms with van der Waals surface area (Å²) in [5, 5.41) is 9.60. The summed E-state index contributed by atoms with van der Waals surface area (Å²) in [6, 6.07) is 8.66. The number of hydrogen-bond acceptors (Lipinski definition) is 6. The van der Waals surface area contributed by atoms with Gasteiger partial charge in [0.05, 0.1) is 18.6 Å². The Morgan fingerprint density at radius 1 is 1.10 bits per heavy atom. The first-order chi connectivity index (χ1) is 15.1. The highest BCUT2D eigenvalue weighted by Crippen LogP contribution is 2.53. The SMILES string of the molecule is O=C1OCC=C[C@H]2OC34C=CCN(Cc5ccccc5)C(=O)[C@H]3N(CCO)C(=O)[C@@H]4[C@@H]12. The zero-order chi connectivity index (χ0) is 21.6. The van der Waals surface area contributed by atoms with Crippen molar-refractivity contribution in [3.05, 3.63) is 60.2 Å². The molecule has 0 aromatic heterocycles. The average molecular weight is 424 g/mol. The summed E-state index contributed by atoms with van der Waals surface area (Å²) in [6.07, 6.45) is 6.42. The largest absolute Gasteiger partial charge is 0.461 e. The Bertz CT molecular complexity index is 960. The van der Waals surface area contributed by atoms with E-state index in [0.717, 1.165) is 5.56 Å². The molecule has 2 fully saturated rings. The van der Waals surface area contributed by atoms with Crippen molar-refractivity contribution < 1.29 is 29.0 Å². The molecule has 2 saturated heterocycles. The van der Waals surface area contributed by atoms with E-state index in [0.29, 0.717) is 13.1 Å². The van der Waals surface area contributed by atoms with Crippen molar-refractivity contribution in [2.45, 2.75) is 24.3 Å². The normalized spacial score (nSPS) is 34.2. The van der Waals surface area contributed by atoms with Crippen LogP contribution in [-0.4, -0.2) is 76.7 Å². The number of hydrogen-bond donors (Lipinski definition) is 1. The molecule has 4 aliphatic heterocycles. The maximum Gasteiger partial charge on any atom is 0.313 e. The minimum absolute atomic E-state index is 0.00780. The highest BCUT2D eigenvalue weighted by Gasteiger charge is 2.71. The fraction of sp³-hybridized carbons (Fsp3) is 0.435. The number of benzene rings is 1. The number of likely N-dealkylation sites (tertiary alicyclic amines) is 1. The van der Waals surface area contributed by atoms with Gasteiger partial charge < -0.3 is 24.4 Å². The van der Waals surface area contributed by atoms with Crippen LogP contribution in [0.1, 0.15) is 5.56 Å². The number of aliphatic hydroxyl groups is 1. The van der Waals surface area contributed by atoms with E-state index in [1.807, 2.05) is 36.4 Å². The van der Waals surface area contributed by atoms with Gasteiger partial charge in [0.1, 0.15) is 24.2 Å². The predicted octanol–water partition coefficient (Wildman–Crippen LogP) is 0.271. The number of ether oxygens (including phenoxy) is 2. The smallest absolute Gasteiger partial charge is 0.313 e. The molecule has 8 heteroatoms. The minimum atomic E-state index is -1.27. The number of carbonyl (C=O) groups excluding carboxylic acids is 3. The Morgan fingerprint density at radius 3 is 2.68 bits per heavy atom.